The van der Waals surface area contributed by atoms with Crippen LogP contribution in [0.3, 0.4) is 0 Å². The number of hydrogen-bond donors (Lipinski definition) is 2. The first-order valence-electron chi connectivity index (χ1n) is 6.05. The number of anilines is 2. The number of benzene rings is 1. The molecule has 0 aromatic heterocycles. The summed E-state index contributed by atoms with van der Waals surface area (Å²) in [5, 5.41) is 3.36. The SMILES string of the molecule is CSCCN(C)CCC(=O)Nc1ccc(Cl)cc1N. The smallest absolute Gasteiger partial charge is 0.225 e. The molecular formula is C13H20ClN3OS. The fourth-order valence-electron chi connectivity index (χ4n) is 1.51. The van der Waals surface area contributed by atoms with Gasteiger partial charge in [0.2, 0.25) is 5.91 Å². The van der Waals surface area contributed by atoms with Gasteiger partial charge in [-0.25, -0.2) is 0 Å². The van der Waals surface area contributed by atoms with Gasteiger partial charge in [-0.1, -0.05) is 11.6 Å². The van der Waals surface area contributed by atoms with Gasteiger partial charge in [-0.05, 0) is 31.5 Å². The highest BCUT2D eigenvalue weighted by Gasteiger charge is 2.07. The third kappa shape index (κ3) is 6.18. The molecule has 0 unspecified atom stereocenters. The molecule has 0 radical (unpaired) electrons. The lowest BCUT2D eigenvalue weighted by Crippen LogP contribution is -2.26. The minimum Gasteiger partial charge on any atom is -0.397 e. The lowest BCUT2D eigenvalue weighted by Gasteiger charge is -2.15. The molecule has 0 bridgehead atoms. The van der Waals surface area contributed by atoms with Crippen LogP contribution in [0.15, 0.2) is 18.2 Å². The van der Waals surface area contributed by atoms with Crippen LogP contribution in [0.5, 0.6) is 0 Å². The Morgan fingerprint density at radius 2 is 2.21 bits per heavy atom. The van der Waals surface area contributed by atoms with E-state index in [1.54, 1.807) is 30.0 Å². The van der Waals surface area contributed by atoms with Crippen molar-refractivity contribution in [1.82, 2.24) is 4.90 Å². The van der Waals surface area contributed by atoms with Crippen molar-refractivity contribution in [2.24, 2.45) is 0 Å². The fourth-order valence-corrected chi connectivity index (χ4v) is 2.19. The Balaban J connectivity index is 2.38. The average molecular weight is 302 g/mol. The Morgan fingerprint density at radius 1 is 1.47 bits per heavy atom. The van der Waals surface area contributed by atoms with Gasteiger partial charge in [0, 0.05) is 30.3 Å². The number of nitrogens with two attached hydrogens (primary N) is 1. The Bertz CT molecular complexity index is 428. The molecule has 0 spiro atoms. The van der Waals surface area contributed by atoms with Crippen LogP contribution in [-0.2, 0) is 4.79 Å². The van der Waals surface area contributed by atoms with Gasteiger partial charge < -0.3 is 16.0 Å². The van der Waals surface area contributed by atoms with E-state index < -0.39 is 0 Å². The van der Waals surface area contributed by atoms with Crippen molar-refractivity contribution in [3.8, 4) is 0 Å². The quantitative estimate of drug-likeness (QED) is 0.760. The van der Waals surface area contributed by atoms with E-state index in [0.717, 1.165) is 18.8 Å². The van der Waals surface area contributed by atoms with Gasteiger partial charge in [0.25, 0.3) is 0 Å². The maximum Gasteiger partial charge on any atom is 0.225 e. The van der Waals surface area contributed by atoms with Gasteiger partial charge in [-0.3, -0.25) is 4.79 Å². The van der Waals surface area contributed by atoms with Crippen molar-refractivity contribution in [2.45, 2.75) is 6.42 Å². The second-order valence-corrected chi connectivity index (χ2v) is 5.75. The van der Waals surface area contributed by atoms with Crippen LogP contribution in [-0.4, -0.2) is 43.0 Å². The van der Waals surface area contributed by atoms with E-state index in [1.165, 1.54) is 0 Å². The highest BCUT2D eigenvalue weighted by molar-refractivity contribution is 7.98. The summed E-state index contributed by atoms with van der Waals surface area (Å²) in [4.78, 5) is 13.9. The number of carbonyl (C=O) groups excluding carboxylic acids is 1. The molecule has 1 amide bonds. The summed E-state index contributed by atoms with van der Waals surface area (Å²) in [6.07, 6.45) is 2.52. The number of hydrogen-bond acceptors (Lipinski definition) is 4. The Morgan fingerprint density at radius 3 is 2.84 bits per heavy atom. The van der Waals surface area contributed by atoms with Gasteiger partial charge in [-0.15, -0.1) is 0 Å². The molecule has 19 heavy (non-hydrogen) atoms. The summed E-state index contributed by atoms with van der Waals surface area (Å²) in [6.45, 7) is 1.72. The number of thioether (sulfide) groups is 1. The predicted octanol–water partition coefficient (Wildman–Crippen LogP) is 2.55. The molecule has 6 heteroatoms. The Hall–Kier alpha value is -0.910. The predicted molar refractivity (Wildman–Crippen MR) is 85.0 cm³/mol. The van der Waals surface area contributed by atoms with E-state index in [9.17, 15) is 4.79 Å². The largest absolute Gasteiger partial charge is 0.397 e. The van der Waals surface area contributed by atoms with E-state index >= 15 is 0 Å². The first-order valence-corrected chi connectivity index (χ1v) is 7.82. The van der Waals surface area contributed by atoms with Crippen LogP contribution in [0.4, 0.5) is 11.4 Å². The van der Waals surface area contributed by atoms with Gasteiger partial charge in [0.15, 0.2) is 0 Å². The molecular weight excluding hydrogens is 282 g/mol. The molecule has 0 aliphatic heterocycles. The lowest BCUT2D eigenvalue weighted by molar-refractivity contribution is -0.116. The summed E-state index contributed by atoms with van der Waals surface area (Å²) in [7, 11) is 2.01. The number of amides is 1. The normalized spacial score (nSPS) is 10.7. The first kappa shape index (κ1) is 16.1. The second kappa shape index (κ2) is 8.30. The topological polar surface area (TPSA) is 58.4 Å². The maximum atomic E-state index is 11.8. The molecule has 3 N–H and O–H groups in total. The molecule has 106 valence electrons. The molecule has 0 saturated heterocycles. The van der Waals surface area contributed by atoms with Gasteiger partial charge >= 0.3 is 0 Å². The van der Waals surface area contributed by atoms with Crippen LogP contribution in [0.2, 0.25) is 5.02 Å². The van der Waals surface area contributed by atoms with Crippen LogP contribution in [0.1, 0.15) is 6.42 Å². The number of halogens is 1. The maximum absolute atomic E-state index is 11.8. The molecule has 1 aromatic rings. The third-order valence-electron chi connectivity index (χ3n) is 2.69. The van der Waals surface area contributed by atoms with Gasteiger partial charge in [-0.2, -0.15) is 11.8 Å². The zero-order valence-corrected chi connectivity index (χ0v) is 12.9. The Labute approximate surface area is 123 Å². The van der Waals surface area contributed by atoms with E-state index in [-0.39, 0.29) is 5.91 Å². The number of rotatable bonds is 7. The van der Waals surface area contributed by atoms with Crippen LogP contribution >= 0.6 is 23.4 Å². The summed E-state index contributed by atoms with van der Waals surface area (Å²) >= 11 is 7.60. The van der Waals surface area contributed by atoms with Crippen LogP contribution < -0.4 is 11.1 Å². The number of nitrogen functional groups attached to an aromatic ring is 1. The lowest BCUT2D eigenvalue weighted by atomic mass is 10.2. The fraction of sp³-hybridized carbons (Fsp3) is 0.462. The summed E-state index contributed by atoms with van der Waals surface area (Å²) in [5.41, 5.74) is 6.87. The number of nitrogens with zero attached hydrogens (tertiary/aromatic N) is 1. The standard InChI is InChI=1S/C13H20ClN3OS/c1-17(7-8-19-2)6-5-13(18)16-12-4-3-10(14)9-11(12)15/h3-4,9H,5-8,15H2,1-2H3,(H,16,18). The van der Waals surface area contributed by atoms with Crippen molar-refractivity contribution < 1.29 is 4.79 Å². The van der Waals surface area contributed by atoms with Crippen LogP contribution in [0.25, 0.3) is 0 Å². The summed E-state index contributed by atoms with van der Waals surface area (Å²) < 4.78 is 0. The van der Waals surface area contributed by atoms with Gasteiger partial charge in [0.05, 0.1) is 11.4 Å². The summed E-state index contributed by atoms with van der Waals surface area (Å²) in [6, 6.07) is 5.05. The van der Waals surface area contributed by atoms with E-state index in [4.69, 9.17) is 17.3 Å². The second-order valence-electron chi connectivity index (χ2n) is 4.33. The highest BCUT2D eigenvalue weighted by Crippen LogP contribution is 2.22. The zero-order chi connectivity index (χ0) is 14.3. The van der Waals surface area contributed by atoms with Crippen molar-refractivity contribution in [3.63, 3.8) is 0 Å². The van der Waals surface area contributed by atoms with E-state index in [0.29, 0.717) is 22.8 Å². The number of nitrogens with one attached hydrogen (secondary N) is 1. The zero-order valence-electron chi connectivity index (χ0n) is 11.3. The molecule has 1 rings (SSSR count). The average Bonchev–Trinajstić information content (AvgIpc) is 2.37. The highest BCUT2D eigenvalue weighted by atomic mass is 35.5. The molecule has 4 nitrogen and oxygen atoms in total. The van der Waals surface area contributed by atoms with Crippen molar-refractivity contribution in [2.75, 3.05) is 43.2 Å². The molecule has 1 aromatic carbocycles. The van der Waals surface area contributed by atoms with Crippen molar-refractivity contribution in [3.05, 3.63) is 23.2 Å². The number of carbonyl (C=O) groups is 1. The van der Waals surface area contributed by atoms with E-state index in [2.05, 4.69) is 16.5 Å². The third-order valence-corrected chi connectivity index (χ3v) is 3.51. The van der Waals surface area contributed by atoms with Crippen LogP contribution in [0, 0.1) is 0 Å². The minimum absolute atomic E-state index is 0.0370. The molecule has 0 aliphatic rings. The molecule has 0 atom stereocenters. The first-order chi connectivity index (χ1) is 9.02. The summed E-state index contributed by atoms with van der Waals surface area (Å²) in [5.74, 6) is 1.03. The molecule has 0 heterocycles. The van der Waals surface area contributed by atoms with E-state index in [1.807, 2.05) is 7.05 Å². The minimum atomic E-state index is -0.0370. The van der Waals surface area contributed by atoms with Crippen molar-refractivity contribution >= 4 is 40.6 Å². The van der Waals surface area contributed by atoms with Crippen molar-refractivity contribution in [1.29, 1.82) is 0 Å². The molecule has 0 saturated carbocycles. The molecule has 0 aliphatic carbocycles. The van der Waals surface area contributed by atoms with Gasteiger partial charge in [0.1, 0.15) is 0 Å². The Kier molecular flexibility index (Phi) is 7.05. The molecule has 0 fully saturated rings. The monoisotopic (exact) mass is 301 g/mol.